The van der Waals surface area contributed by atoms with Crippen LogP contribution < -0.4 is 10.2 Å². The Balaban J connectivity index is 1.39. The molecule has 2 atom stereocenters. The lowest BCUT2D eigenvalue weighted by atomic mass is 10.1. The van der Waals surface area contributed by atoms with Gasteiger partial charge in [0.05, 0.1) is 5.69 Å². The summed E-state index contributed by atoms with van der Waals surface area (Å²) < 4.78 is 0. The van der Waals surface area contributed by atoms with Crippen molar-refractivity contribution in [3.8, 4) is 0 Å². The lowest BCUT2D eigenvalue weighted by Crippen LogP contribution is -2.31. The lowest BCUT2D eigenvalue weighted by Gasteiger charge is -2.26. The first-order valence-corrected chi connectivity index (χ1v) is 9.18. The normalized spacial score (nSPS) is 32.3. The average Bonchev–Trinajstić information content (AvgIpc) is 3.37. The molecule has 2 heterocycles. The third-order valence-electron chi connectivity index (χ3n) is 5.46. The summed E-state index contributed by atoms with van der Waals surface area (Å²) in [5.74, 6) is 1.75. The van der Waals surface area contributed by atoms with Gasteiger partial charge in [-0.1, -0.05) is 0 Å². The van der Waals surface area contributed by atoms with Gasteiger partial charge in [0.1, 0.15) is 0 Å². The highest BCUT2D eigenvalue weighted by Gasteiger charge is 2.40. The Hall–Kier alpha value is -0.610. The van der Waals surface area contributed by atoms with Gasteiger partial charge in [-0.15, -0.1) is 11.3 Å². The summed E-state index contributed by atoms with van der Waals surface area (Å²) in [7, 11) is 0. The van der Waals surface area contributed by atoms with Gasteiger partial charge in [0.2, 0.25) is 0 Å². The molecular weight excluding hydrogens is 266 g/mol. The highest BCUT2D eigenvalue weighted by Crippen LogP contribution is 2.47. The maximum absolute atomic E-state index is 5.08. The monoisotopic (exact) mass is 289 g/mol. The van der Waals surface area contributed by atoms with Gasteiger partial charge in [-0.3, -0.25) is 0 Å². The minimum absolute atomic E-state index is 0.788. The number of hydrogen-bond donors (Lipinski definition) is 1. The van der Waals surface area contributed by atoms with Crippen LogP contribution in [0.5, 0.6) is 0 Å². The van der Waals surface area contributed by atoms with Crippen molar-refractivity contribution in [1.29, 1.82) is 0 Å². The second kappa shape index (κ2) is 4.44. The Bertz CT molecular complexity index is 518. The largest absolute Gasteiger partial charge is 0.345 e. The molecule has 0 radical (unpaired) electrons. The summed E-state index contributed by atoms with van der Waals surface area (Å²) in [5, 5.41) is 5.03. The Morgan fingerprint density at radius 3 is 2.70 bits per heavy atom. The van der Waals surface area contributed by atoms with E-state index < -0.39 is 0 Å². The van der Waals surface area contributed by atoms with Gasteiger partial charge in [-0.25, -0.2) is 4.98 Å². The van der Waals surface area contributed by atoms with Gasteiger partial charge < -0.3 is 10.2 Å². The quantitative estimate of drug-likeness (QED) is 0.902. The second-order valence-corrected chi connectivity index (χ2v) is 8.28. The smallest absolute Gasteiger partial charge is 0.186 e. The van der Waals surface area contributed by atoms with Crippen molar-refractivity contribution in [2.45, 2.75) is 69.5 Å². The summed E-state index contributed by atoms with van der Waals surface area (Å²) in [4.78, 5) is 9.25. The molecule has 0 spiro atoms. The van der Waals surface area contributed by atoms with E-state index in [0.717, 1.165) is 30.5 Å². The summed E-state index contributed by atoms with van der Waals surface area (Å²) in [5.41, 5.74) is 1.45. The average molecular weight is 289 g/mol. The molecule has 4 aliphatic rings. The molecule has 2 bridgehead atoms. The fourth-order valence-electron chi connectivity index (χ4n) is 3.96. The number of anilines is 1. The molecular formula is C16H23N3S. The Morgan fingerprint density at radius 1 is 1.15 bits per heavy atom. The standard InChI is InChI=1S/C16H23N3S/c1-6-13-7-10(1)9-19(13)16-18-15(11-2-3-11)14(20-16)8-17-12-4-5-12/h10-13,17H,1-9H2. The second-order valence-electron chi connectivity index (χ2n) is 7.22. The lowest BCUT2D eigenvalue weighted by molar-refractivity contribution is 0.552. The molecule has 1 aromatic heterocycles. The molecule has 3 saturated carbocycles. The van der Waals surface area contributed by atoms with Gasteiger partial charge in [0.25, 0.3) is 0 Å². The van der Waals surface area contributed by atoms with Crippen molar-refractivity contribution >= 4 is 16.5 Å². The van der Waals surface area contributed by atoms with E-state index in [-0.39, 0.29) is 0 Å². The predicted molar refractivity (Wildman–Crippen MR) is 82.4 cm³/mol. The first kappa shape index (κ1) is 12.0. The molecule has 4 fully saturated rings. The van der Waals surface area contributed by atoms with Crippen LogP contribution in [0.25, 0.3) is 0 Å². The first-order chi connectivity index (χ1) is 9.87. The van der Waals surface area contributed by atoms with Gasteiger partial charge in [0, 0.05) is 36.0 Å². The van der Waals surface area contributed by atoms with E-state index in [4.69, 9.17) is 4.98 Å². The van der Waals surface area contributed by atoms with E-state index in [9.17, 15) is 0 Å². The minimum Gasteiger partial charge on any atom is -0.345 e. The molecule has 108 valence electrons. The Labute approximate surface area is 124 Å². The number of thiazole rings is 1. The maximum atomic E-state index is 5.08. The van der Waals surface area contributed by atoms with Crippen LogP contribution in [0.2, 0.25) is 0 Å². The fraction of sp³-hybridized carbons (Fsp3) is 0.812. The van der Waals surface area contributed by atoms with Gasteiger partial charge >= 0.3 is 0 Å². The van der Waals surface area contributed by atoms with E-state index in [1.165, 1.54) is 67.2 Å². The molecule has 2 unspecified atom stereocenters. The molecule has 4 heteroatoms. The van der Waals surface area contributed by atoms with Gasteiger partial charge in [-0.2, -0.15) is 0 Å². The third kappa shape index (κ3) is 2.08. The van der Waals surface area contributed by atoms with Crippen molar-refractivity contribution < 1.29 is 0 Å². The third-order valence-corrected chi connectivity index (χ3v) is 6.57. The topological polar surface area (TPSA) is 28.2 Å². The number of fused-ring (bicyclic) bond motifs is 2. The van der Waals surface area contributed by atoms with Crippen LogP contribution in [-0.2, 0) is 6.54 Å². The Kier molecular flexibility index (Phi) is 2.66. The van der Waals surface area contributed by atoms with Crippen LogP contribution in [0.15, 0.2) is 0 Å². The van der Waals surface area contributed by atoms with Crippen molar-refractivity contribution in [2.75, 3.05) is 11.4 Å². The van der Waals surface area contributed by atoms with Crippen LogP contribution in [0.4, 0.5) is 5.13 Å². The number of nitrogens with one attached hydrogen (secondary N) is 1. The van der Waals surface area contributed by atoms with E-state index in [2.05, 4.69) is 10.2 Å². The predicted octanol–water partition coefficient (Wildman–Crippen LogP) is 3.26. The van der Waals surface area contributed by atoms with Crippen LogP contribution >= 0.6 is 11.3 Å². The summed E-state index contributed by atoms with van der Waals surface area (Å²) in [6.45, 7) is 2.34. The number of rotatable bonds is 5. The van der Waals surface area contributed by atoms with Crippen molar-refractivity contribution in [3.05, 3.63) is 10.6 Å². The fourth-order valence-corrected chi connectivity index (χ4v) is 5.14. The molecule has 1 aromatic rings. The van der Waals surface area contributed by atoms with Crippen LogP contribution in [0, 0.1) is 5.92 Å². The first-order valence-electron chi connectivity index (χ1n) is 8.36. The van der Waals surface area contributed by atoms with Crippen molar-refractivity contribution in [1.82, 2.24) is 10.3 Å². The molecule has 0 aromatic carbocycles. The number of aromatic nitrogens is 1. The molecule has 0 amide bonds. The SMILES string of the molecule is C(NC1CC1)c1sc(N2CC3CCC2C3)nc1C1CC1. The summed E-state index contributed by atoms with van der Waals surface area (Å²) >= 11 is 1.99. The highest BCUT2D eigenvalue weighted by atomic mass is 32.1. The molecule has 1 saturated heterocycles. The molecule has 1 N–H and O–H groups in total. The minimum atomic E-state index is 0.788. The number of hydrogen-bond acceptors (Lipinski definition) is 4. The summed E-state index contributed by atoms with van der Waals surface area (Å²) in [6, 6.07) is 1.61. The highest BCUT2D eigenvalue weighted by molar-refractivity contribution is 7.15. The molecule has 20 heavy (non-hydrogen) atoms. The van der Waals surface area contributed by atoms with Crippen molar-refractivity contribution in [2.24, 2.45) is 5.92 Å². The van der Waals surface area contributed by atoms with Crippen LogP contribution in [-0.4, -0.2) is 23.6 Å². The zero-order chi connectivity index (χ0) is 13.1. The zero-order valence-electron chi connectivity index (χ0n) is 12.0. The molecule has 3 nitrogen and oxygen atoms in total. The van der Waals surface area contributed by atoms with Crippen LogP contribution in [0.1, 0.15) is 61.4 Å². The Morgan fingerprint density at radius 2 is 2.05 bits per heavy atom. The molecule has 5 rings (SSSR count). The zero-order valence-corrected chi connectivity index (χ0v) is 12.8. The van der Waals surface area contributed by atoms with Crippen LogP contribution in [0.3, 0.4) is 0 Å². The van der Waals surface area contributed by atoms with E-state index in [1.807, 2.05) is 11.3 Å². The number of nitrogens with zero attached hydrogens (tertiary/aromatic N) is 2. The number of piperidine rings is 1. The van der Waals surface area contributed by atoms with E-state index in [1.54, 1.807) is 0 Å². The maximum Gasteiger partial charge on any atom is 0.186 e. The van der Waals surface area contributed by atoms with Gasteiger partial charge in [-0.05, 0) is 50.9 Å². The van der Waals surface area contributed by atoms with E-state index >= 15 is 0 Å². The van der Waals surface area contributed by atoms with Gasteiger partial charge in [0.15, 0.2) is 5.13 Å². The van der Waals surface area contributed by atoms with E-state index in [0.29, 0.717) is 0 Å². The molecule has 3 aliphatic carbocycles. The summed E-state index contributed by atoms with van der Waals surface area (Å²) in [6.07, 6.45) is 9.77. The molecule has 1 aliphatic heterocycles. The van der Waals surface area contributed by atoms with Crippen molar-refractivity contribution in [3.63, 3.8) is 0 Å².